The largest absolute Gasteiger partial charge is 0.481 e. The van der Waals surface area contributed by atoms with Gasteiger partial charge in [-0.05, 0) is 12.0 Å². The second-order valence-electron chi connectivity index (χ2n) is 4.21. The van der Waals surface area contributed by atoms with E-state index in [1.807, 2.05) is 13.8 Å². The van der Waals surface area contributed by atoms with Crippen molar-refractivity contribution in [1.29, 1.82) is 0 Å². The molecule has 0 bridgehead atoms. The molecule has 6 nitrogen and oxygen atoms in total. The number of nitrogens with one attached hydrogen (secondary N) is 1. The van der Waals surface area contributed by atoms with Gasteiger partial charge < -0.3 is 10.4 Å². The summed E-state index contributed by atoms with van der Waals surface area (Å²) in [6.45, 7) is 4.88. The Morgan fingerprint density at radius 1 is 1.53 bits per heavy atom. The van der Waals surface area contributed by atoms with E-state index in [1.54, 1.807) is 12.3 Å². The van der Waals surface area contributed by atoms with Gasteiger partial charge in [-0.1, -0.05) is 13.8 Å². The molecule has 94 valence electrons. The van der Waals surface area contributed by atoms with Crippen molar-refractivity contribution in [3.8, 4) is 0 Å². The van der Waals surface area contributed by atoms with Gasteiger partial charge in [-0.3, -0.25) is 14.3 Å². The molecule has 0 spiro atoms. The molecule has 0 aliphatic rings. The van der Waals surface area contributed by atoms with Crippen molar-refractivity contribution in [2.24, 2.45) is 5.92 Å². The van der Waals surface area contributed by atoms with E-state index in [0.29, 0.717) is 18.2 Å². The second kappa shape index (κ2) is 6.03. The van der Waals surface area contributed by atoms with Crippen molar-refractivity contribution < 1.29 is 14.7 Å². The van der Waals surface area contributed by atoms with Crippen LogP contribution in [0.1, 0.15) is 30.8 Å². The molecule has 1 aromatic rings. The van der Waals surface area contributed by atoms with Gasteiger partial charge in [-0.25, -0.2) is 0 Å². The maximum atomic E-state index is 11.6. The summed E-state index contributed by atoms with van der Waals surface area (Å²) in [5, 5.41) is 15.3. The maximum Gasteiger partial charge on any atom is 0.305 e. The topological polar surface area (TPSA) is 84.2 Å². The molecule has 2 N–H and O–H groups in total. The Bertz CT molecular complexity index is 398. The van der Waals surface area contributed by atoms with Gasteiger partial charge in [0.05, 0.1) is 13.0 Å². The smallest absolute Gasteiger partial charge is 0.305 e. The lowest BCUT2D eigenvalue weighted by Gasteiger charge is -2.05. The van der Waals surface area contributed by atoms with Crippen molar-refractivity contribution in [3.05, 3.63) is 18.0 Å². The molecule has 1 heterocycles. The minimum Gasteiger partial charge on any atom is -0.481 e. The second-order valence-corrected chi connectivity index (χ2v) is 4.21. The van der Waals surface area contributed by atoms with Crippen molar-refractivity contribution >= 4 is 11.9 Å². The number of aromatic nitrogens is 2. The monoisotopic (exact) mass is 239 g/mol. The van der Waals surface area contributed by atoms with E-state index in [4.69, 9.17) is 5.11 Å². The number of carboxylic acid groups (broad SMARTS) is 1. The van der Waals surface area contributed by atoms with Crippen LogP contribution in [0.2, 0.25) is 0 Å². The van der Waals surface area contributed by atoms with Crippen LogP contribution in [0.5, 0.6) is 0 Å². The molecule has 1 aromatic heterocycles. The molecule has 0 saturated carbocycles. The number of aliphatic carboxylic acids is 1. The molecule has 0 atom stereocenters. The molecule has 0 saturated heterocycles. The number of nitrogens with zero attached hydrogens (tertiary/aromatic N) is 2. The first-order chi connectivity index (χ1) is 7.99. The average molecular weight is 239 g/mol. The summed E-state index contributed by atoms with van der Waals surface area (Å²) in [4.78, 5) is 22.0. The Kier molecular flexibility index (Phi) is 4.68. The number of carbonyl (C=O) groups excluding carboxylic acids is 1. The average Bonchev–Trinajstić information content (AvgIpc) is 2.71. The molecule has 0 unspecified atom stereocenters. The van der Waals surface area contributed by atoms with Gasteiger partial charge in [0.2, 0.25) is 0 Å². The normalized spacial score (nSPS) is 10.5. The van der Waals surface area contributed by atoms with Gasteiger partial charge in [-0.2, -0.15) is 5.10 Å². The summed E-state index contributed by atoms with van der Waals surface area (Å²) >= 11 is 0. The molecular weight excluding hydrogens is 222 g/mol. The van der Waals surface area contributed by atoms with Crippen LogP contribution in [-0.2, 0) is 11.3 Å². The van der Waals surface area contributed by atoms with Gasteiger partial charge in [0, 0.05) is 12.7 Å². The highest BCUT2D eigenvalue weighted by Gasteiger charge is 2.09. The molecule has 1 amide bonds. The van der Waals surface area contributed by atoms with Crippen LogP contribution in [0.4, 0.5) is 0 Å². The summed E-state index contributed by atoms with van der Waals surface area (Å²) in [6.07, 6.45) is 1.60. The summed E-state index contributed by atoms with van der Waals surface area (Å²) in [7, 11) is 0. The van der Waals surface area contributed by atoms with E-state index in [1.165, 1.54) is 4.68 Å². The standard InChI is InChI=1S/C11H17N3O3/c1-8(2)7-12-11(17)9-3-5-14(13-9)6-4-10(15)16/h3,5,8H,4,6-7H2,1-2H3,(H,12,17)(H,15,16). The number of carboxylic acids is 1. The molecule has 0 aliphatic carbocycles. The van der Waals surface area contributed by atoms with Crippen molar-refractivity contribution in [2.75, 3.05) is 6.54 Å². The zero-order chi connectivity index (χ0) is 12.8. The van der Waals surface area contributed by atoms with E-state index in [0.717, 1.165) is 0 Å². The minimum atomic E-state index is -0.883. The molecule has 1 rings (SSSR count). The number of rotatable bonds is 6. The van der Waals surface area contributed by atoms with E-state index >= 15 is 0 Å². The number of hydrogen-bond acceptors (Lipinski definition) is 3. The first-order valence-corrected chi connectivity index (χ1v) is 5.52. The summed E-state index contributed by atoms with van der Waals surface area (Å²) in [5.41, 5.74) is 0.316. The van der Waals surface area contributed by atoms with Gasteiger partial charge in [0.1, 0.15) is 5.69 Å². The molecule has 0 fully saturated rings. The lowest BCUT2D eigenvalue weighted by molar-refractivity contribution is -0.137. The Morgan fingerprint density at radius 2 is 2.24 bits per heavy atom. The van der Waals surface area contributed by atoms with Crippen LogP contribution in [-0.4, -0.2) is 33.3 Å². The Balaban J connectivity index is 2.49. The van der Waals surface area contributed by atoms with E-state index in [9.17, 15) is 9.59 Å². The minimum absolute atomic E-state index is 0.00523. The Labute approximate surface area is 99.6 Å². The zero-order valence-corrected chi connectivity index (χ0v) is 10.0. The van der Waals surface area contributed by atoms with Gasteiger partial charge in [0.25, 0.3) is 5.91 Å². The van der Waals surface area contributed by atoms with Crippen LogP contribution >= 0.6 is 0 Å². The number of hydrogen-bond donors (Lipinski definition) is 2. The van der Waals surface area contributed by atoms with Crippen LogP contribution in [0.15, 0.2) is 12.3 Å². The predicted octanol–water partition coefficient (Wildman–Crippen LogP) is 0.744. The van der Waals surface area contributed by atoms with Crippen molar-refractivity contribution in [2.45, 2.75) is 26.8 Å². The third-order valence-electron chi connectivity index (χ3n) is 2.10. The molecular formula is C11H17N3O3. The maximum absolute atomic E-state index is 11.6. The van der Waals surface area contributed by atoms with Gasteiger partial charge in [0.15, 0.2) is 0 Å². The summed E-state index contributed by atoms with van der Waals surface area (Å²) in [6, 6.07) is 1.58. The summed E-state index contributed by atoms with van der Waals surface area (Å²) in [5.74, 6) is -0.730. The van der Waals surface area contributed by atoms with Crippen molar-refractivity contribution in [3.63, 3.8) is 0 Å². The molecule has 0 radical (unpaired) electrons. The highest BCUT2D eigenvalue weighted by atomic mass is 16.4. The molecule has 6 heteroatoms. The van der Waals surface area contributed by atoms with Gasteiger partial charge >= 0.3 is 5.97 Å². The fourth-order valence-corrected chi connectivity index (χ4v) is 1.20. The van der Waals surface area contributed by atoms with E-state index in [-0.39, 0.29) is 18.9 Å². The third kappa shape index (κ3) is 4.67. The molecule has 0 aromatic carbocycles. The van der Waals surface area contributed by atoms with Crippen molar-refractivity contribution in [1.82, 2.24) is 15.1 Å². The highest BCUT2D eigenvalue weighted by Crippen LogP contribution is 1.98. The van der Waals surface area contributed by atoms with E-state index in [2.05, 4.69) is 10.4 Å². The van der Waals surface area contributed by atoms with Gasteiger partial charge in [-0.15, -0.1) is 0 Å². The quantitative estimate of drug-likeness (QED) is 0.767. The zero-order valence-electron chi connectivity index (χ0n) is 10.0. The van der Waals surface area contributed by atoms with E-state index < -0.39 is 5.97 Å². The van der Waals surface area contributed by atoms with Crippen LogP contribution < -0.4 is 5.32 Å². The fraction of sp³-hybridized carbons (Fsp3) is 0.545. The number of aryl methyl sites for hydroxylation is 1. The Morgan fingerprint density at radius 3 is 2.82 bits per heavy atom. The lowest BCUT2D eigenvalue weighted by Crippen LogP contribution is -2.27. The predicted molar refractivity (Wildman–Crippen MR) is 61.7 cm³/mol. The lowest BCUT2D eigenvalue weighted by atomic mass is 10.2. The first-order valence-electron chi connectivity index (χ1n) is 5.52. The molecule has 17 heavy (non-hydrogen) atoms. The highest BCUT2D eigenvalue weighted by molar-refractivity contribution is 5.92. The third-order valence-corrected chi connectivity index (χ3v) is 2.10. The number of carbonyl (C=O) groups is 2. The fourth-order valence-electron chi connectivity index (χ4n) is 1.20. The molecule has 0 aliphatic heterocycles. The summed E-state index contributed by atoms with van der Waals surface area (Å²) < 4.78 is 1.46. The number of amides is 1. The van der Waals surface area contributed by atoms with Crippen LogP contribution in [0, 0.1) is 5.92 Å². The van der Waals surface area contributed by atoms with Crippen LogP contribution in [0.3, 0.4) is 0 Å². The van der Waals surface area contributed by atoms with Crippen LogP contribution in [0.25, 0.3) is 0 Å². The Hall–Kier alpha value is -1.85. The first kappa shape index (κ1) is 13.2. The SMILES string of the molecule is CC(C)CNC(=O)c1ccn(CCC(=O)O)n1.